The molecule has 2 aromatic carbocycles. The summed E-state index contributed by atoms with van der Waals surface area (Å²) in [7, 11) is 0. The van der Waals surface area contributed by atoms with Crippen LogP contribution in [0.25, 0.3) is 16.6 Å². The van der Waals surface area contributed by atoms with Crippen molar-refractivity contribution in [3.05, 3.63) is 54.5 Å². The third-order valence-corrected chi connectivity index (χ3v) is 6.41. The van der Waals surface area contributed by atoms with Gasteiger partial charge in [-0.2, -0.15) is 5.10 Å². The number of aliphatic hydroxyl groups excluding tert-OH is 1. The first kappa shape index (κ1) is 20.4. The first-order valence-electron chi connectivity index (χ1n) is 10.7. The molecule has 1 saturated heterocycles. The summed E-state index contributed by atoms with van der Waals surface area (Å²) >= 11 is 0. The number of urea groups is 1. The van der Waals surface area contributed by atoms with Crippen molar-refractivity contribution in [1.29, 1.82) is 0 Å². The smallest absolute Gasteiger partial charge is 0.325 e. The number of nitrogens with one attached hydrogen (secondary N) is 1. The minimum Gasteiger partial charge on any atom is -0.394 e. The molecule has 0 bridgehead atoms. The van der Waals surface area contributed by atoms with Gasteiger partial charge < -0.3 is 15.3 Å². The monoisotopic (exact) mass is 437 g/mol. The maximum absolute atomic E-state index is 14.3. The molecule has 1 aromatic heterocycles. The van der Waals surface area contributed by atoms with Crippen molar-refractivity contribution in [3.63, 3.8) is 0 Å². The lowest BCUT2D eigenvalue weighted by molar-refractivity contribution is -0.125. The zero-order valence-corrected chi connectivity index (χ0v) is 17.5. The summed E-state index contributed by atoms with van der Waals surface area (Å²) in [6.07, 6.45) is 4.11. The Kier molecular flexibility index (Phi) is 5.05. The summed E-state index contributed by atoms with van der Waals surface area (Å²) in [6.45, 7) is 0.700. The van der Waals surface area contributed by atoms with Crippen LogP contribution in [0, 0.1) is 5.82 Å². The summed E-state index contributed by atoms with van der Waals surface area (Å²) in [5.74, 6) is -0.649. The Hall–Kier alpha value is -3.46. The van der Waals surface area contributed by atoms with E-state index in [0.29, 0.717) is 30.0 Å². The highest BCUT2D eigenvalue weighted by Crippen LogP contribution is 2.32. The fraction of sp³-hybridized carbons (Fsp3) is 0.348. The van der Waals surface area contributed by atoms with Gasteiger partial charge in [0.05, 0.1) is 29.5 Å². The van der Waals surface area contributed by atoms with Crippen LogP contribution in [0.1, 0.15) is 19.3 Å². The summed E-state index contributed by atoms with van der Waals surface area (Å²) in [4.78, 5) is 28.7. The lowest BCUT2D eigenvalue weighted by atomic mass is 9.77. The Bertz CT molecular complexity index is 1180. The molecule has 9 heteroatoms. The van der Waals surface area contributed by atoms with Gasteiger partial charge in [-0.1, -0.05) is 18.2 Å². The zero-order chi connectivity index (χ0) is 22.3. The van der Waals surface area contributed by atoms with Crippen LogP contribution in [0.15, 0.2) is 48.7 Å². The molecule has 1 saturated carbocycles. The highest BCUT2D eigenvalue weighted by atomic mass is 19.1. The Morgan fingerprint density at radius 1 is 1.12 bits per heavy atom. The number of anilines is 1. The number of para-hydroxylation sites is 1. The molecule has 32 heavy (non-hydrogen) atoms. The van der Waals surface area contributed by atoms with Gasteiger partial charge in [0.1, 0.15) is 18.0 Å². The molecule has 0 radical (unpaired) electrons. The van der Waals surface area contributed by atoms with E-state index in [1.807, 2.05) is 12.1 Å². The minimum absolute atomic E-state index is 0.0540. The third kappa shape index (κ3) is 3.38. The van der Waals surface area contributed by atoms with Gasteiger partial charge in [0, 0.05) is 18.5 Å². The number of carbonyl (C=O) groups excluding carboxylic acids is 2. The maximum atomic E-state index is 14.3. The van der Waals surface area contributed by atoms with Crippen LogP contribution in [0.2, 0.25) is 0 Å². The number of aliphatic hydroxyl groups is 1. The average Bonchev–Trinajstić information content (AvgIpc) is 3.35. The first-order valence-corrected chi connectivity index (χ1v) is 10.7. The normalized spacial score (nSPS) is 17.6. The van der Waals surface area contributed by atoms with E-state index in [-0.39, 0.29) is 30.9 Å². The molecule has 2 fully saturated rings. The molecule has 2 heterocycles. The second-order valence-corrected chi connectivity index (χ2v) is 8.41. The summed E-state index contributed by atoms with van der Waals surface area (Å²) < 4.78 is 15.8. The first-order chi connectivity index (χ1) is 15.5. The van der Waals surface area contributed by atoms with Crippen molar-refractivity contribution < 1.29 is 19.1 Å². The van der Waals surface area contributed by atoms with E-state index in [1.54, 1.807) is 35.4 Å². The van der Waals surface area contributed by atoms with Crippen molar-refractivity contribution in [1.82, 2.24) is 20.0 Å². The lowest BCUT2D eigenvalue weighted by Gasteiger charge is -2.41. The van der Waals surface area contributed by atoms with E-state index in [1.165, 1.54) is 15.6 Å². The van der Waals surface area contributed by atoms with Crippen LogP contribution in [-0.4, -0.2) is 63.5 Å². The van der Waals surface area contributed by atoms with Crippen molar-refractivity contribution in [3.8, 4) is 5.69 Å². The van der Waals surface area contributed by atoms with Gasteiger partial charge in [-0.25, -0.2) is 13.9 Å². The predicted octanol–water partition coefficient (Wildman–Crippen LogP) is 2.44. The largest absolute Gasteiger partial charge is 0.394 e. The van der Waals surface area contributed by atoms with Crippen molar-refractivity contribution in [2.45, 2.75) is 24.8 Å². The molecule has 0 unspecified atom stereocenters. The fourth-order valence-corrected chi connectivity index (χ4v) is 4.47. The van der Waals surface area contributed by atoms with Gasteiger partial charge >= 0.3 is 6.03 Å². The van der Waals surface area contributed by atoms with E-state index in [9.17, 15) is 19.1 Å². The number of halogens is 1. The number of hydrogen-bond acceptors (Lipinski definition) is 4. The van der Waals surface area contributed by atoms with Crippen LogP contribution in [0.4, 0.5) is 14.9 Å². The van der Waals surface area contributed by atoms with Gasteiger partial charge in [0.15, 0.2) is 0 Å². The van der Waals surface area contributed by atoms with E-state index < -0.39 is 5.54 Å². The zero-order valence-electron chi connectivity index (χ0n) is 17.5. The number of fused-ring (bicyclic) bond motifs is 1. The summed E-state index contributed by atoms with van der Waals surface area (Å²) in [5.41, 5.74) is 1.15. The van der Waals surface area contributed by atoms with Crippen molar-refractivity contribution >= 4 is 28.5 Å². The van der Waals surface area contributed by atoms with Crippen molar-refractivity contribution in [2.24, 2.45) is 0 Å². The Labute approximate surface area is 184 Å². The highest BCUT2D eigenvalue weighted by Gasteiger charge is 2.39. The van der Waals surface area contributed by atoms with Crippen LogP contribution in [-0.2, 0) is 4.79 Å². The molecular formula is C23H24FN5O3. The van der Waals surface area contributed by atoms with Crippen LogP contribution in [0.5, 0.6) is 0 Å². The van der Waals surface area contributed by atoms with E-state index in [0.717, 1.165) is 24.6 Å². The van der Waals surface area contributed by atoms with Crippen molar-refractivity contribution in [2.75, 3.05) is 31.1 Å². The standard InChI is InChI=1S/C23H24FN5O3/c24-17-5-1-2-6-20(17)29-19-8-3-7-18(16(19)13-25-29)28-12-11-27(22(28)32)14-21(31)26-23(15-30)9-4-10-23/h1-3,5-8,13,30H,4,9-12,14-15H2,(H,26,31). The molecule has 0 atom stereocenters. The van der Waals surface area contributed by atoms with Gasteiger partial charge in [-0.05, 0) is 43.5 Å². The number of amides is 3. The molecule has 0 spiro atoms. The lowest BCUT2D eigenvalue weighted by Crippen LogP contribution is -2.58. The fourth-order valence-electron chi connectivity index (χ4n) is 4.47. The van der Waals surface area contributed by atoms with Crippen LogP contribution in [0.3, 0.4) is 0 Å². The molecule has 5 rings (SSSR count). The number of nitrogens with zero attached hydrogens (tertiary/aromatic N) is 4. The molecule has 2 aliphatic rings. The summed E-state index contributed by atoms with van der Waals surface area (Å²) in [5, 5.41) is 17.5. The predicted molar refractivity (Wildman–Crippen MR) is 117 cm³/mol. The molecule has 3 amide bonds. The van der Waals surface area contributed by atoms with E-state index in [2.05, 4.69) is 10.4 Å². The van der Waals surface area contributed by atoms with Gasteiger partial charge in [-0.15, -0.1) is 0 Å². The SMILES string of the molecule is O=C(CN1CCN(c2cccc3c2cnn3-c2ccccc2F)C1=O)NC1(CO)CCC1. The topological polar surface area (TPSA) is 90.7 Å². The number of hydrogen-bond donors (Lipinski definition) is 2. The Morgan fingerprint density at radius 2 is 1.91 bits per heavy atom. The van der Waals surface area contributed by atoms with Gasteiger partial charge in [-0.3, -0.25) is 9.69 Å². The molecule has 8 nitrogen and oxygen atoms in total. The second kappa shape index (κ2) is 7.90. The molecular weight excluding hydrogens is 413 g/mol. The maximum Gasteiger partial charge on any atom is 0.325 e. The van der Waals surface area contributed by atoms with Gasteiger partial charge in [0.25, 0.3) is 0 Å². The quantitative estimate of drug-likeness (QED) is 0.620. The van der Waals surface area contributed by atoms with E-state index >= 15 is 0 Å². The molecule has 1 aliphatic carbocycles. The number of rotatable bonds is 6. The van der Waals surface area contributed by atoms with E-state index in [4.69, 9.17) is 0 Å². The second-order valence-electron chi connectivity index (χ2n) is 8.41. The van der Waals surface area contributed by atoms with Gasteiger partial charge in [0.2, 0.25) is 5.91 Å². The molecule has 1 aliphatic heterocycles. The molecule has 166 valence electrons. The number of aromatic nitrogens is 2. The summed E-state index contributed by atoms with van der Waals surface area (Å²) in [6, 6.07) is 11.6. The third-order valence-electron chi connectivity index (χ3n) is 6.41. The van der Waals surface area contributed by atoms with Crippen LogP contribution < -0.4 is 10.2 Å². The van der Waals surface area contributed by atoms with Crippen LogP contribution >= 0.6 is 0 Å². The number of benzene rings is 2. The molecule has 2 N–H and O–H groups in total. The Morgan fingerprint density at radius 3 is 2.62 bits per heavy atom. The highest BCUT2D eigenvalue weighted by molar-refractivity contribution is 6.04. The molecule has 3 aromatic rings. The Balaban J connectivity index is 1.36. The number of carbonyl (C=O) groups is 2. The minimum atomic E-state index is -0.535. The average molecular weight is 437 g/mol.